The summed E-state index contributed by atoms with van der Waals surface area (Å²) in [6.45, 7) is 0.847. The number of rotatable bonds is 4. The maximum atomic E-state index is 13.2. The van der Waals surface area contributed by atoms with E-state index in [0.717, 1.165) is 12.1 Å². The van der Waals surface area contributed by atoms with E-state index in [4.69, 9.17) is 0 Å². The van der Waals surface area contributed by atoms with Crippen LogP contribution in [0.25, 0.3) is 0 Å². The van der Waals surface area contributed by atoms with Gasteiger partial charge in [-0.05, 0) is 49.7 Å². The topological polar surface area (TPSA) is 59.0 Å². The highest BCUT2D eigenvalue weighted by Crippen LogP contribution is 2.33. The van der Waals surface area contributed by atoms with E-state index in [-0.39, 0.29) is 24.5 Å². The summed E-state index contributed by atoms with van der Waals surface area (Å²) in [6.07, 6.45) is -0.536. The summed E-state index contributed by atoms with van der Waals surface area (Å²) in [5.41, 5.74) is -2.22. The SMILES string of the molecule is Cl.O=C(NCc1ccc(F)cc1C(F)(F)F)C1(n2cccn2)CCNCC1. The molecule has 2 N–H and O–H groups in total. The fourth-order valence-corrected chi connectivity index (χ4v) is 3.23. The number of aromatic nitrogens is 2. The zero-order valence-corrected chi connectivity index (χ0v) is 15.0. The summed E-state index contributed by atoms with van der Waals surface area (Å²) in [7, 11) is 0. The molecule has 0 atom stereocenters. The van der Waals surface area contributed by atoms with Crippen LogP contribution in [0.3, 0.4) is 0 Å². The maximum absolute atomic E-state index is 13.2. The first-order valence-electron chi connectivity index (χ1n) is 8.18. The Balaban J connectivity index is 0.00000261. The van der Waals surface area contributed by atoms with E-state index in [0.29, 0.717) is 32.0 Å². The Bertz CT molecular complexity index is 774. The van der Waals surface area contributed by atoms with Crippen LogP contribution in [0.1, 0.15) is 24.0 Å². The zero-order valence-electron chi connectivity index (χ0n) is 14.2. The number of carbonyl (C=O) groups is 1. The Kier molecular flexibility index (Phi) is 6.48. The van der Waals surface area contributed by atoms with Gasteiger partial charge in [0.05, 0.1) is 5.56 Å². The number of benzene rings is 1. The molecule has 1 amide bonds. The van der Waals surface area contributed by atoms with Crippen LogP contribution in [0.5, 0.6) is 0 Å². The number of amides is 1. The molecule has 0 aliphatic carbocycles. The predicted octanol–water partition coefficient (Wildman–Crippen LogP) is 2.86. The van der Waals surface area contributed by atoms with Crippen LogP contribution in [-0.2, 0) is 23.1 Å². The van der Waals surface area contributed by atoms with Gasteiger partial charge in [-0.25, -0.2) is 4.39 Å². The monoisotopic (exact) mass is 406 g/mol. The molecule has 2 aromatic rings. The molecule has 1 aliphatic heterocycles. The molecule has 1 fully saturated rings. The van der Waals surface area contributed by atoms with Crippen LogP contribution in [0.15, 0.2) is 36.7 Å². The van der Waals surface area contributed by atoms with Gasteiger partial charge in [-0.3, -0.25) is 9.48 Å². The molecule has 10 heteroatoms. The number of nitrogens with zero attached hydrogens (tertiary/aromatic N) is 2. The number of hydrogen-bond acceptors (Lipinski definition) is 3. The third-order valence-corrected chi connectivity index (χ3v) is 4.61. The molecule has 1 saturated heterocycles. The lowest BCUT2D eigenvalue weighted by atomic mass is 9.87. The molecule has 27 heavy (non-hydrogen) atoms. The Morgan fingerprint density at radius 3 is 2.59 bits per heavy atom. The maximum Gasteiger partial charge on any atom is 0.416 e. The van der Waals surface area contributed by atoms with Crippen LogP contribution >= 0.6 is 12.4 Å². The van der Waals surface area contributed by atoms with Crippen molar-refractivity contribution in [1.82, 2.24) is 20.4 Å². The average molecular weight is 407 g/mol. The van der Waals surface area contributed by atoms with Gasteiger partial charge >= 0.3 is 6.18 Å². The third kappa shape index (κ3) is 4.41. The lowest BCUT2D eigenvalue weighted by Gasteiger charge is -2.36. The highest BCUT2D eigenvalue weighted by Gasteiger charge is 2.42. The van der Waals surface area contributed by atoms with E-state index in [1.165, 1.54) is 0 Å². The molecule has 5 nitrogen and oxygen atoms in total. The number of hydrogen-bond donors (Lipinski definition) is 2. The van der Waals surface area contributed by atoms with E-state index < -0.39 is 29.0 Å². The zero-order chi connectivity index (χ0) is 18.8. The van der Waals surface area contributed by atoms with Gasteiger partial charge < -0.3 is 10.6 Å². The number of halogens is 5. The lowest BCUT2D eigenvalue weighted by molar-refractivity contribution is -0.139. The molecular weight excluding hydrogens is 388 g/mol. The average Bonchev–Trinajstić information content (AvgIpc) is 3.15. The summed E-state index contributed by atoms with van der Waals surface area (Å²) >= 11 is 0. The van der Waals surface area contributed by atoms with E-state index in [1.54, 1.807) is 23.1 Å². The molecule has 0 saturated carbocycles. The minimum absolute atomic E-state index is 0. The lowest BCUT2D eigenvalue weighted by Crippen LogP contribution is -2.54. The number of nitrogens with one attached hydrogen (secondary N) is 2. The Hall–Kier alpha value is -2.13. The van der Waals surface area contributed by atoms with Gasteiger partial charge in [0.15, 0.2) is 0 Å². The Morgan fingerprint density at radius 2 is 2.00 bits per heavy atom. The Labute approximate surface area is 159 Å². The summed E-state index contributed by atoms with van der Waals surface area (Å²) in [4.78, 5) is 12.9. The van der Waals surface area contributed by atoms with Crippen molar-refractivity contribution in [3.8, 4) is 0 Å². The van der Waals surface area contributed by atoms with Crippen molar-refractivity contribution in [2.24, 2.45) is 0 Å². The standard InChI is InChI=1S/C17H18F4N4O.ClH/c18-13-3-2-12(14(10-13)17(19,20)21)11-23-15(26)16(4-7-22-8-5-16)25-9-1-6-24-25;/h1-3,6,9-10,22H,4-5,7-8,11H2,(H,23,26);1H. The fraction of sp³-hybridized carbons (Fsp3) is 0.412. The molecule has 3 rings (SSSR count). The van der Waals surface area contributed by atoms with Crippen molar-refractivity contribution in [3.63, 3.8) is 0 Å². The van der Waals surface area contributed by atoms with Gasteiger partial charge in [0.1, 0.15) is 11.4 Å². The molecule has 0 radical (unpaired) electrons. The minimum atomic E-state index is -4.70. The summed E-state index contributed by atoms with van der Waals surface area (Å²) < 4.78 is 54.1. The van der Waals surface area contributed by atoms with E-state index in [2.05, 4.69) is 15.7 Å². The van der Waals surface area contributed by atoms with Gasteiger partial charge in [0.25, 0.3) is 0 Å². The van der Waals surface area contributed by atoms with Crippen molar-refractivity contribution in [3.05, 3.63) is 53.6 Å². The molecule has 0 unspecified atom stereocenters. The highest BCUT2D eigenvalue weighted by atomic mass is 35.5. The summed E-state index contributed by atoms with van der Waals surface area (Å²) in [5.74, 6) is -1.38. The van der Waals surface area contributed by atoms with Crippen LogP contribution in [0.4, 0.5) is 17.6 Å². The van der Waals surface area contributed by atoms with Crippen molar-refractivity contribution in [2.75, 3.05) is 13.1 Å². The third-order valence-electron chi connectivity index (χ3n) is 4.61. The minimum Gasteiger partial charge on any atom is -0.350 e. The summed E-state index contributed by atoms with van der Waals surface area (Å²) in [6, 6.07) is 4.13. The van der Waals surface area contributed by atoms with Crippen LogP contribution in [0.2, 0.25) is 0 Å². The van der Waals surface area contributed by atoms with Gasteiger partial charge in [-0.15, -0.1) is 12.4 Å². The summed E-state index contributed by atoms with van der Waals surface area (Å²) in [5, 5.41) is 9.89. The van der Waals surface area contributed by atoms with Crippen LogP contribution in [0, 0.1) is 5.82 Å². The van der Waals surface area contributed by atoms with Gasteiger partial charge in [-0.1, -0.05) is 6.07 Å². The molecule has 0 bridgehead atoms. The van der Waals surface area contributed by atoms with E-state index in [1.807, 2.05) is 0 Å². The first-order chi connectivity index (χ1) is 12.3. The molecule has 1 aromatic carbocycles. The largest absolute Gasteiger partial charge is 0.416 e. The first-order valence-corrected chi connectivity index (χ1v) is 8.18. The van der Waals surface area contributed by atoms with Crippen LogP contribution in [-0.4, -0.2) is 28.8 Å². The molecule has 0 spiro atoms. The highest BCUT2D eigenvalue weighted by molar-refractivity contribution is 5.85. The second kappa shape index (κ2) is 8.26. The second-order valence-corrected chi connectivity index (χ2v) is 6.21. The quantitative estimate of drug-likeness (QED) is 0.768. The van der Waals surface area contributed by atoms with Crippen molar-refractivity contribution in [1.29, 1.82) is 0 Å². The molecule has 2 heterocycles. The van der Waals surface area contributed by atoms with Gasteiger partial charge in [0, 0.05) is 18.9 Å². The molecule has 1 aromatic heterocycles. The van der Waals surface area contributed by atoms with Crippen LogP contribution < -0.4 is 10.6 Å². The van der Waals surface area contributed by atoms with Gasteiger partial charge in [0.2, 0.25) is 5.91 Å². The Morgan fingerprint density at radius 1 is 1.30 bits per heavy atom. The number of carbonyl (C=O) groups excluding carboxylic acids is 1. The second-order valence-electron chi connectivity index (χ2n) is 6.21. The van der Waals surface area contributed by atoms with Crippen molar-refractivity contribution >= 4 is 18.3 Å². The molecule has 1 aliphatic rings. The van der Waals surface area contributed by atoms with E-state index >= 15 is 0 Å². The predicted molar refractivity (Wildman–Crippen MR) is 92.8 cm³/mol. The number of alkyl halides is 3. The molecular formula is C17H19ClF4N4O. The molecule has 148 valence electrons. The fourth-order valence-electron chi connectivity index (χ4n) is 3.23. The van der Waals surface area contributed by atoms with Crippen molar-refractivity contribution < 1.29 is 22.4 Å². The first kappa shape index (κ1) is 21.2. The smallest absolute Gasteiger partial charge is 0.350 e. The van der Waals surface area contributed by atoms with Crippen molar-refractivity contribution in [2.45, 2.75) is 31.1 Å². The van der Waals surface area contributed by atoms with Gasteiger partial charge in [-0.2, -0.15) is 18.3 Å². The normalized spacial score (nSPS) is 16.4. The van der Waals surface area contributed by atoms with E-state index in [9.17, 15) is 22.4 Å². The number of piperidine rings is 1.